The summed E-state index contributed by atoms with van der Waals surface area (Å²) in [4.78, 5) is 12.5. The van der Waals surface area contributed by atoms with Crippen LogP contribution < -0.4 is 5.32 Å². The molecule has 0 aliphatic carbocycles. The van der Waals surface area contributed by atoms with Gasteiger partial charge in [-0.2, -0.15) is 0 Å². The van der Waals surface area contributed by atoms with Gasteiger partial charge in [-0.15, -0.1) is 10.2 Å². The van der Waals surface area contributed by atoms with Crippen molar-refractivity contribution in [1.29, 1.82) is 0 Å². The molecule has 2 heterocycles. The Hall–Kier alpha value is -2.06. The highest BCUT2D eigenvalue weighted by molar-refractivity contribution is 9.10. The first kappa shape index (κ1) is 19.7. The molecule has 0 unspecified atom stereocenters. The number of benzene rings is 1. The number of hydrogen-bond acceptors (Lipinski definition) is 5. The molecule has 0 atom stereocenters. The quantitative estimate of drug-likeness (QED) is 0.530. The molecule has 1 N–H and O–H groups in total. The molecule has 142 valence electrons. The van der Waals surface area contributed by atoms with E-state index < -0.39 is 0 Å². The third-order valence-electron chi connectivity index (χ3n) is 4.22. The highest BCUT2D eigenvalue weighted by Gasteiger charge is 2.16. The van der Waals surface area contributed by atoms with Gasteiger partial charge < -0.3 is 14.3 Å². The second-order valence-corrected chi connectivity index (χ2v) is 7.69. The van der Waals surface area contributed by atoms with Crippen LogP contribution >= 0.6 is 27.7 Å². The van der Waals surface area contributed by atoms with Gasteiger partial charge in [-0.25, -0.2) is 0 Å². The van der Waals surface area contributed by atoms with E-state index in [2.05, 4.69) is 57.4 Å². The average molecular weight is 449 g/mol. The first-order valence-electron chi connectivity index (χ1n) is 8.72. The second-order valence-electron chi connectivity index (χ2n) is 5.96. The van der Waals surface area contributed by atoms with Gasteiger partial charge in [-0.05, 0) is 52.0 Å². The van der Waals surface area contributed by atoms with Crippen molar-refractivity contribution in [3.05, 3.63) is 46.1 Å². The lowest BCUT2D eigenvalue weighted by Gasteiger charge is -2.14. The topological polar surface area (TPSA) is 73.0 Å². The SMILES string of the molecule is CCc1cccc(CC)c1NC(=O)CSc1nnc(-c2ccc(Br)o2)n1C. The van der Waals surface area contributed by atoms with Crippen molar-refractivity contribution >= 4 is 39.3 Å². The van der Waals surface area contributed by atoms with Crippen LogP contribution in [0.5, 0.6) is 0 Å². The van der Waals surface area contributed by atoms with Crippen molar-refractivity contribution < 1.29 is 9.21 Å². The third kappa shape index (κ3) is 4.44. The number of carbonyl (C=O) groups is 1. The molecular formula is C19H21BrN4O2S. The first-order chi connectivity index (χ1) is 13.0. The Morgan fingerprint density at radius 3 is 2.48 bits per heavy atom. The van der Waals surface area contributed by atoms with E-state index in [1.807, 2.05) is 23.7 Å². The Morgan fingerprint density at radius 2 is 1.89 bits per heavy atom. The number of aryl methyl sites for hydroxylation is 2. The molecule has 0 radical (unpaired) electrons. The maximum Gasteiger partial charge on any atom is 0.234 e. The molecule has 27 heavy (non-hydrogen) atoms. The van der Waals surface area contributed by atoms with E-state index in [0.717, 1.165) is 29.7 Å². The summed E-state index contributed by atoms with van der Waals surface area (Å²) in [5, 5.41) is 12.1. The molecule has 0 saturated carbocycles. The van der Waals surface area contributed by atoms with Crippen molar-refractivity contribution in [2.24, 2.45) is 7.05 Å². The zero-order chi connectivity index (χ0) is 19.4. The standard InChI is InChI=1S/C19H21BrN4O2S/c1-4-12-7-6-8-13(5-2)17(12)21-16(25)11-27-19-23-22-18(24(19)3)14-9-10-15(20)26-14/h6-10H,4-5,11H2,1-3H3,(H,21,25). The summed E-state index contributed by atoms with van der Waals surface area (Å²) in [6, 6.07) is 9.77. The van der Waals surface area contributed by atoms with Crippen molar-refractivity contribution in [2.45, 2.75) is 31.8 Å². The minimum Gasteiger partial charge on any atom is -0.446 e. The van der Waals surface area contributed by atoms with Crippen LogP contribution in [0.1, 0.15) is 25.0 Å². The Balaban J connectivity index is 1.68. The summed E-state index contributed by atoms with van der Waals surface area (Å²) < 4.78 is 7.98. The van der Waals surface area contributed by atoms with E-state index in [-0.39, 0.29) is 11.7 Å². The van der Waals surface area contributed by atoms with Crippen molar-refractivity contribution in [2.75, 3.05) is 11.1 Å². The van der Waals surface area contributed by atoms with Crippen LogP contribution in [-0.2, 0) is 24.7 Å². The van der Waals surface area contributed by atoms with Crippen LogP contribution in [0.15, 0.2) is 44.6 Å². The lowest BCUT2D eigenvalue weighted by molar-refractivity contribution is -0.113. The Labute approximate surface area is 170 Å². The minimum atomic E-state index is -0.0547. The van der Waals surface area contributed by atoms with E-state index in [9.17, 15) is 4.79 Å². The van der Waals surface area contributed by atoms with Crippen LogP contribution in [0.2, 0.25) is 0 Å². The Morgan fingerprint density at radius 1 is 1.19 bits per heavy atom. The van der Waals surface area contributed by atoms with Gasteiger partial charge in [0.2, 0.25) is 5.91 Å². The fourth-order valence-corrected chi connectivity index (χ4v) is 3.82. The zero-order valence-corrected chi connectivity index (χ0v) is 17.9. The monoisotopic (exact) mass is 448 g/mol. The molecule has 1 amide bonds. The number of carbonyl (C=O) groups excluding carboxylic acids is 1. The van der Waals surface area contributed by atoms with E-state index in [0.29, 0.717) is 21.4 Å². The number of anilines is 1. The molecule has 3 rings (SSSR count). The van der Waals surface area contributed by atoms with Gasteiger partial charge >= 0.3 is 0 Å². The lowest BCUT2D eigenvalue weighted by atomic mass is 10.0. The Kier molecular flexibility index (Phi) is 6.38. The number of halogens is 1. The number of amides is 1. The summed E-state index contributed by atoms with van der Waals surface area (Å²) in [5.74, 6) is 1.45. The van der Waals surface area contributed by atoms with Crippen LogP contribution in [-0.4, -0.2) is 26.4 Å². The van der Waals surface area contributed by atoms with Gasteiger partial charge in [0, 0.05) is 12.7 Å². The molecule has 1 aromatic carbocycles. The largest absolute Gasteiger partial charge is 0.446 e. The molecule has 0 bridgehead atoms. The maximum atomic E-state index is 12.5. The fourth-order valence-electron chi connectivity index (χ4n) is 2.80. The average Bonchev–Trinajstić information content (AvgIpc) is 3.25. The predicted molar refractivity (Wildman–Crippen MR) is 111 cm³/mol. The van der Waals surface area contributed by atoms with Gasteiger partial charge in [0.1, 0.15) is 0 Å². The van der Waals surface area contributed by atoms with E-state index in [1.165, 1.54) is 11.8 Å². The van der Waals surface area contributed by atoms with Gasteiger partial charge in [-0.3, -0.25) is 4.79 Å². The fraction of sp³-hybridized carbons (Fsp3) is 0.316. The summed E-state index contributed by atoms with van der Waals surface area (Å²) in [7, 11) is 1.85. The smallest absolute Gasteiger partial charge is 0.234 e. The van der Waals surface area contributed by atoms with Crippen molar-refractivity contribution in [1.82, 2.24) is 14.8 Å². The molecule has 0 spiro atoms. The highest BCUT2D eigenvalue weighted by Crippen LogP contribution is 2.27. The molecule has 0 fully saturated rings. The number of nitrogens with zero attached hydrogens (tertiary/aromatic N) is 3. The highest BCUT2D eigenvalue weighted by atomic mass is 79.9. The number of para-hydroxylation sites is 1. The summed E-state index contributed by atoms with van der Waals surface area (Å²) in [5.41, 5.74) is 3.24. The Bertz CT molecular complexity index is 929. The molecule has 0 aliphatic rings. The van der Waals surface area contributed by atoms with Crippen LogP contribution in [0, 0.1) is 0 Å². The van der Waals surface area contributed by atoms with Gasteiger partial charge in [0.05, 0.1) is 5.75 Å². The molecule has 8 heteroatoms. The van der Waals surface area contributed by atoms with Gasteiger partial charge in [0.15, 0.2) is 21.4 Å². The second kappa shape index (κ2) is 8.75. The van der Waals surface area contributed by atoms with Crippen molar-refractivity contribution in [3.8, 4) is 11.6 Å². The van der Waals surface area contributed by atoms with E-state index in [4.69, 9.17) is 4.42 Å². The maximum absolute atomic E-state index is 12.5. The summed E-state index contributed by atoms with van der Waals surface area (Å²) in [6.07, 6.45) is 1.75. The van der Waals surface area contributed by atoms with E-state index >= 15 is 0 Å². The van der Waals surface area contributed by atoms with Crippen LogP contribution in [0.25, 0.3) is 11.6 Å². The lowest BCUT2D eigenvalue weighted by Crippen LogP contribution is -2.17. The van der Waals surface area contributed by atoms with E-state index in [1.54, 1.807) is 6.07 Å². The number of thioether (sulfide) groups is 1. The molecule has 6 nitrogen and oxygen atoms in total. The zero-order valence-electron chi connectivity index (χ0n) is 15.5. The number of rotatable bonds is 7. The third-order valence-corrected chi connectivity index (χ3v) is 5.67. The number of nitrogens with one attached hydrogen (secondary N) is 1. The molecule has 2 aromatic heterocycles. The normalized spacial score (nSPS) is 11.0. The number of aromatic nitrogens is 3. The minimum absolute atomic E-state index is 0.0547. The van der Waals surface area contributed by atoms with Gasteiger partial charge in [-0.1, -0.05) is 43.8 Å². The summed E-state index contributed by atoms with van der Waals surface area (Å²) >= 11 is 4.63. The predicted octanol–water partition coefficient (Wildman–Crippen LogP) is 4.69. The van der Waals surface area contributed by atoms with Gasteiger partial charge in [0.25, 0.3) is 0 Å². The molecular weight excluding hydrogens is 428 g/mol. The van der Waals surface area contributed by atoms with Crippen molar-refractivity contribution in [3.63, 3.8) is 0 Å². The van der Waals surface area contributed by atoms with Crippen LogP contribution in [0.3, 0.4) is 0 Å². The first-order valence-corrected chi connectivity index (χ1v) is 10.5. The summed E-state index contributed by atoms with van der Waals surface area (Å²) in [6.45, 7) is 4.18. The number of furan rings is 1. The molecule has 0 saturated heterocycles. The van der Waals surface area contributed by atoms with Crippen LogP contribution in [0.4, 0.5) is 5.69 Å². The number of hydrogen-bond donors (Lipinski definition) is 1. The molecule has 3 aromatic rings. The molecule has 0 aliphatic heterocycles.